The van der Waals surface area contributed by atoms with Gasteiger partial charge in [-0.05, 0) is 25.3 Å². The molecule has 3 rings (SSSR count). The van der Waals surface area contributed by atoms with Crippen LogP contribution < -0.4 is 5.32 Å². The van der Waals surface area contributed by atoms with Crippen molar-refractivity contribution in [3.63, 3.8) is 0 Å². The highest BCUT2D eigenvalue weighted by atomic mass is 16.2. The van der Waals surface area contributed by atoms with Crippen molar-refractivity contribution in [2.45, 2.75) is 32.7 Å². The molecule has 0 radical (unpaired) electrons. The van der Waals surface area contributed by atoms with Crippen molar-refractivity contribution in [2.24, 2.45) is 0 Å². The minimum absolute atomic E-state index is 0.0488. The number of carbonyl (C=O) groups excluding carboxylic acids is 3. The van der Waals surface area contributed by atoms with E-state index in [1.54, 1.807) is 10.8 Å². The fourth-order valence-electron chi connectivity index (χ4n) is 3.21. The Labute approximate surface area is 146 Å². The van der Waals surface area contributed by atoms with Crippen LogP contribution in [0.2, 0.25) is 0 Å². The van der Waals surface area contributed by atoms with Gasteiger partial charge in [0, 0.05) is 36.7 Å². The van der Waals surface area contributed by atoms with Crippen LogP contribution in [0.15, 0.2) is 30.5 Å². The molecule has 0 atom stereocenters. The predicted octanol–water partition coefficient (Wildman–Crippen LogP) is 1.97. The predicted molar refractivity (Wildman–Crippen MR) is 95.4 cm³/mol. The van der Waals surface area contributed by atoms with Crippen molar-refractivity contribution < 1.29 is 14.4 Å². The van der Waals surface area contributed by atoms with Gasteiger partial charge >= 0.3 is 0 Å². The number of aromatic nitrogens is 1. The van der Waals surface area contributed by atoms with Gasteiger partial charge in [-0.3, -0.25) is 14.4 Å². The van der Waals surface area contributed by atoms with Crippen LogP contribution in [-0.4, -0.2) is 46.7 Å². The lowest BCUT2D eigenvalue weighted by Crippen LogP contribution is -2.31. The Morgan fingerprint density at radius 2 is 1.84 bits per heavy atom. The molecule has 25 heavy (non-hydrogen) atoms. The molecule has 132 valence electrons. The first kappa shape index (κ1) is 17.2. The smallest absolute Gasteiger partial charge is 0.292 e. The number of fused-ring (bicyclic) bond motifs is 1. The van der Waals surface area contributed by atoms with E-state index in [9.17, 15) is 14.4 Å². The molecule has 1 aromatic heterocycles. The van der Waals surface area contributed by atoms with Gasteiger partial charge in [-0.1, -0.05) is 25.1 Å². The first-order valence-corrected chi connectivity index (χ1v) is 8.80. The van der Waals surface area contributed by atoms with Crippen LogP contribution in [0.4, 0.5) is 0 Å². The maximum absolute atomic E-state index is 12.5. The van der Waals surface area contributed by atoms with Crippen molar-refractivity contribution in [3.05, 3.63) is 36.0 Å². The number of hydrogen-bond donors (Lipinski definition) is 1. The molecule has 0 spiro atoms. The lowest BCUT2D eigenvalue weighted by Gasteiger charge is -2.15. The summed E-state index contributed by atoms with van der Waals surface area (Å²) in [5.74, 6) is -1.11. The summed E-state index contributed by atoms with van der Waals surface area (Å²) < 4.78 is 1.77. The molecule has 1 N–H and O–H groups in total. The highest BCUT2D eigenvalue weighted by Crippen LogP contribution is 2.22. The number of ketones is 1. The zero-order valence-corrected chi connectivity index (χ0v) is 14.5. The van der Waals surface area contributed by atoms with Crippen molar-refractivity contribution >= 4 is 28.5 Å². The molecule has 2 amide bonds. The van der Waals surface area contributed by atoms with E-state index in [-0.39, 0.29) is 12.5 Å². The Balaban J connectivity index is 1.88. The van der Waals surface area contributed by atoms with E-state index in [1.807, 2.05) is 36.1 Å². The molecular formula is C19H23N3O3. The Kier molecular flexibility index (Phi) is 5.16. The summed E-state index contributed by atoms with van der Waals surface area (Å²) in [5, 5.41) is 3.32. The molecule has 1 aliphatic heterocycles. The number of Topliss-reactive ketones (excluding diaryl/α,β-unsaturated/α-hetero) is 1. The molecule has 2 heterocycles. The van der Waals surface area contributed by atoms with Crippen LogP contribution in [-0.2, 0) is 16.1 Å². The molecular weight excluding hydrogens is 318 g/mol. The number of para-hydroxylation sites is 1. The largest absolute Gasteiger partial charge is 0.349 e. The van der Waals surface area contributed by atoms with E-state index in [4.69, 9.17) is 0 Å². The zero-order valence-electron chi connectivity index (χ0n) is 14.5. The first-order chi connectivity index (χ1) is 12.1. The molecule has 1 fully saturated rings. The number of nitrogens with one attached hydrogen (secondary N) is 1. The number of likely N-dealkylation sites (tertiary alicyclic amines) is 1. The van der Waals surface area contributed by atoms with Crippen LogP contribution in [0.3, 0.4) is 0 Å². The van der Waals surface area contributed by atoms with Gasteiger partial charge < -0.3 is 14.8 Å². The summed E-state index contributed by atoms with van der Waals surface area (Å²) in [7, 11) is 0. The monoisotopic (exact) mass is 341 g/mol. The maximum Gasteiger partial charge on any atom is 0.292 e. The fraction of sp³-hybridized carbons (Fsp3) is 0.421. The van der Waals surface area contributed by atoms with Gasteiger partial charge in [-0.2, -0.15) is 0 Å². The third kappa shape index (κ3) is 3.57. The Morgan fingerprint density at radius 1 is 1.12 bits per heavy atom. The molecule has 1 aromatic carbocycles. The van der Waals surface area contributed by atoms with Crippen LogP contribution in [0, 0.1) is 0 Å². The number of carbonyl (C=O) groups is 3. The number of rotatable bonds is 6. The summed E-state index contributed by atoms with van der Waals surface area (Å²) in [6.07, 6.45) is 4.48. The lowest BCUT2D eigenvalue weighted by molar-refractivity contribution is -0.130. The lowest BCUT2D eigenvalue weighted by atomic mass is 10.1. The average molecular weight is 341 g/mol. The fourth-order valence-corrected chi connectivity index (χ4v) is 3.21. The highest BCUT2D eigenvalue weighted by Gasteiger charge is 2.23. The summed E-state index contributed by atoms with van der Waals surface area (Å²) in [5.41, 5.74) is 1.14. The van der Waals surface area contributed by atoms with Crippen LogP contribution in [0.1, 0.15) is 36.5 Å². The van der Waals surface area contributed by atoms with E-state index in [2.05, 4.69) is 5.32 Å². The third-order valence-corrected chi connectivity index (χ3v) is 4.54. The molecule has 0 aliphatic carbocycles. The number of nitrogens with zero attached hydrogens (tertiary/aromatic N) is 2. The van der Waals surface area contributed by atoms with Gasteiger partial charge in [0.1, 0.15) is 6.54 Å². The second-order valence-electron chi connectivity index (χ2n) is 6.36. The first-order valence-electron chi connectivity index (χ1n) is 8.80. The number of hydrogen-bond acceptors (Lipinski definition) is 3. The molecule has 6 nitrogen and oxygen atoms in total. The van der Waals surface area contributed by atoms with E-state index < -0.39 is 11.7 Å². The Bertz CT molecular complexity index is 803. The van der Waals surface area contributed by atoms with Gasteiger partial charge in [-0.25, -0.2) is 0 Å². The van der Waals surface area contributed by atoms with Gasteiger partial charge in [0.05, 0.1) is 5.56 Å². The molecule has 0 unspecified atom stereocenters. The Hall–Kier alpha value is -2.63. The minimum atomic E-state index is -0.601. The van der Waals surface area contributed by atoms with Gasteiger partial charge in [-0.15, -0.1) is 0 Å². The van der Waals surface area contributed by atoms with E-state index in [0.717, 1.165) is 37.9 Å². The van der Waals surface area contributed by atoms with Gasteiger partial charge in [0.25, 0.3) is 11.7 Å². The normalized spacial score (nSPS) is 14.0. The summed E-state index contributed by atoms with van der Waals surface area (Å²) in [4.78, 5) is 38.8. The van der Waals surface area contributed by atoms with Crippen molar-refractivity contribution in [1.82, 2.24) is 14.8 Å². The quantitative estimate of drug-likeness (QED) is 0.645. The van der Waals surface area contributed by atoms with Gasteiger partial charge in [0.15, 0.2) is 0 Å². The zero-order chi connectivity index (χ0) is 17.8. The molecule has 6 heteroatoms. The molecule has 1 saturated heterocycles. The van der Waals surface area contributed by atoms with Crippen LogP contribution in [0.5, 0.6) is 0 Å². The minimum Gasteiger partial charge on any atom is -0.349 e. The van der Waals surface area contributed by atoms with E-state index >= 15 is 0 Å². The summed E-state index contributed by atoms with van der Waals surface area (Å²) >= 11 is 0. The van der Waals surface area contributed by atoms with Crippen molar-refractivity contribution in [2.75, 3.05) is 19.6 Å². The topological polar surface area (TPSA) is 71.4 Å². The Morgan fingerprint density at radius 3 is 2.56 bits per heavy atom. The molecule has 2 aromatic rings. The van der Waals surface area contributed by atoms with Gasteiger partial charge in [0.2, 0.25) is 5.91 Å². The van der Waals surface area contributed by atoms with E-state index in [0.29, 0.717) is 17.5 Å². The second kappa shape index (κ2) is 7.51. The van der Waals surface area contributed by atoms with E-state index in [1.165, 1.54) is 0 Å². The molecule has 1 aliphatic rings. The number of benzene rings is 1. The summed E-state index contributed by atoms with van der Waals surface area (Å²) in [6.45, 7) is 4.17. The molecule has 0 bridgehead atoms. The maximum atomic E-state index is 12.5. The van der Waals surface area contributed by atoms with Crippen LogP contribution in [0.25, 0.3) is 10.9 Å². The summed E-state index contributed by atoms with van der Waals surface area (Å²) in [6, 6.07) is 7.38. The second-order valence-corrected chi connectivity index (χ2v) is 6.36. The van der Waals surface area contributed by atoms with Crippen molar-refractivity contribution in [3.8, 4) is 0 Å². The van der Waals surface area contributed by atoms with Crippen LogP contribution >= 0.6 is 0 Å². The standard InChI is InChI=1S/C19H23N3O3/c1-2-9-20-19(25)18(24)15-12-22(16-8-4-3-7-14(15)16)13-17(23)21-10-5-6-11-21/h3-4,7-8,12H,2,5-6,9-11,13H2,1H3,(H,20,25). The number of amides is 2. The average Bonchev–Trinajstić information content (AvgIpc) is 3.28. The van der Waals surface area contributed by atoms with Crippen molar-refractivity contribution in [1.29, 1.82) is 0 Å². The SMILES string of the molecule is CCCNC(=O)C(=O)c1cn(CC(=O)N2CCCC2)c2ccccc12. The highest BCUT2D eigenvalue weighted by molar-refractivity contribution is 6.45. The third-order valence-electron chi connectivity index (χ3n) is 4.54. The molecule has 0 saturated carbocycles.